The van der Waals surface area contributed by atoms with Crippen LogP contribution < -0.4 is 15.8 Å². The van der Waals surface area contributed by atoms with Crippen molar-refractivity contribution in [2.45, 2.75) is 26.5 Å². The normalized spacial score (nSPS) is 10.7. The van der Waals surface area contributed by atoms with E-state index in [1.807, 2.05) is 38.1 Å². The summed E-state index contributed by atoms with van der Waals surface area (Å²) in [5.74, 6) is 0.831. The largest absolute Gasteiger partial charge is 0.489 e. The maximum absolute atomic E-state index is 5.74. The van der Waals surface area contributed by atoms with E-state index in [4.69, 9.17) is 10.5 Å². The average molecular weight is 263 g/mol. The van der Waals surface area contributed by atoms with E-state index < -0.39 is 0 Å². The second-order valence-electron chi connectivity index (χ2n) is 4.12. The van der Waals surface area contributed by atoms with Gasteiger partial charge in [0.15, 0.2) is 5.13 Å². The third kappa shape index (κ3) is 3.21. The Morgan fingerprint density at radius 2 is 2.17 bits per heavy atom. The van der Waals surface area contributed by atoms with Crippen LogP contribution in [0.15, 0.2) is 30.5 Å². The van der Waals surface area contributed by atoms with E-state index in [-0.39, 0.29) is 6.10 Å². The van der Waals surface area contributed by atoms with Crippen LogP contribution in [-0.2, 0) is 6.54 Å². The van der Waals surface area contributed by atoms with Crippen molar-refractivity contribution in [2.75, 3.05) is 5.32 Å². The van der Waals surface area contributed by atoms with Gasteiger partial charge in [-0.1, -0.05) is 12.1 Å². The first-order valence-corrected chi connectivity index (χ1v) is 6.68. The first-order chi connectivity index (χ1) is 8.69. The van der Waals surface area contributed by atoms with Crippen molar-refractivity contribution in [3.63, 3.8) is 0 Å². The van der Waals surface area contributed by atoms with Crippen LogP contribution in [0.5, 0.6) is 5.75 Å². The fourth-order valence-electron chi connectivity index (χ4n) is 1.50. The van der Waals surface area contributed by atoms with Crippen LogP contribution in [0.1, 0.15) is 18.7 Å². The van der Waals surface area contributed by atoms with E-state index in [2.05, 4.69) is 10.3 Å². The summed E-state index contributed by atoms with van der Waals surface area (Å²) in [6, 6.07) is 7.84. The topological polar surface area (TPSA) is 60.2 Å². The number of rotatable bonds is 5. The zero-order valence-corrected chi connectivity index (χ0v) is 11.3. The monoisotopic (exact) mass is 263 g/mol. The first kappa shape index (κ1) is 12.9. The summed E-state index contributed by atoms with van der Waals surface area (Å²) in [7, 11) is 0. The molecule has 0 atom stereocenters. The number of para-hydroxylation sites is 2. The average Bonchev–Trinajstić information content (AvgIpc) is 2.79. The minimum Gasteiger partial charge on any atom is -0.489 e. The molecule has 96 valence electrons. The van der Waals surface area contributed by atoms with Gasteiger partial charge in [-0.15, -0.1) is 11.3 Å². The number of hydrogen-bond donors (Lipinski definition) is 2. The zero-order valence-electron chi connectivity index (χ0n) is 10.5. The Morgan fingerprint density at radius 3 is 2.83 bits per heavy atom. The summed E-state index contributed by atoms with van der Waals surface area (Å²) in [5, 5.41) is 4.09. The molecule has 2 aromatic rings. The van der Waals surface area contributed by atoms with Gasteiger partial charge in [-0.2, -0.15) is 0 Å². The minimum absolute atomic E-state index is 0.142. The number of aromatic nitrogens is 1. The third-order valence-corrected chi connectivity index (χ3v) is 3.18. The molecule has 0 bridgehead atoms. The van der Waals surface area contributed by atoms with Crippen LogP contribution in [0.2, 0.25) is 0 Å². The molecule has 0 amide bonds. The molecule has 0 aliphatic heterocycles. The highest BCUT2D eigenvalue weighted by Gasteiger charge is 2.07. The number of thiazole rings is 1. The number of nitrogens with two attached hydrogens (primary N) is 1. The highest BCUT2D eigenvalue weighted by molar-refractivity contribution is 7.15. The molecule has 5 heteroatoms. The van der Waals surface area contributed by atoms with E-state index >= 15 is 0 Å². The van der Waals surface area contributed by atoms with Crippen LogP contribution in [0, 0.1) is 0 Å². The number of anilines is 2. The molecule has 0 unspecified atom stereocenters. The van der Waals surface area contributed by atoms with Crippen LogP contribution in [0.4, 0.5) is 10.8 Å². The molecule has 0 saturated heterocycles. The molecule has 1 heterocycles. The van der Waals surface area contributed by atoms with Crippen molar-refractivity contribution in [1.82, 2.24) is 4.98 Å². The molecule has 1 aromatic heterocycles. The van der Waals surface area contributed by atoms with Gasteiger partial charge < -0.3 is 15.8 Å². The van der Waals surface area contributed by atoms with Crippen LogP contribution >= 0.6 is 11.3 Å². The molecule has 0 aliphatic rings. The van der Waals surface area contributed by atoms with Crippen molar-refractivity contribution in [3.05, 3.63) is 35.3 Å². The standard InChI is InChI=1S/C13H17N3OS/c1-9(2)17-12-6-4-3-5-11(12)16-13-15-8-10(7-14)18-13/h3-6,8-9H,7,14H2,1-2H3,(H,15,16). The van der Waals surface area contributed by atoms with Crippen molar-refractivity contribution in [1.29, 1.82) is 0 Å². The molecule has 4 nitrogen and oxygen atoms in total. The Kier molecular flexibility index (Phi) is 4.17. The van der Waals surface area contributed by atoms with E-state index in [1.54, 1.807) is 17.5 Å². The summed E-state index contributed by atoms with van der Waals surface area (Å²) < 4.78 is 5.74. The van der Waals surface area contributed by atoms with Crippen LogP contribution in [-0.4, -0.2) is 11.1 Å². The highest BCUT2D eigenvalue weighted by atomic mass is 32.1. The predicted molar refractivity (Wildman–Crippen MR) is 75.5 cm³/mol. The number of nitrogens with zero attached hydrogens (tertiary/aromatic N) is 1. The molecule has 3 N–H and O–H groups in total. The molecule has 0 radical (unpaired) electrons. The van der Waals surface area contributed by atoms with Crippen LogP contribution in [0.3, 0.4) is 0 Å². The Morgan fingerprint density at radius 1 is 1.39 bits per heavy atom. The van der Waals surface area contributed by atoms with Crippen molar-refractivity contribution < 1.29 is 4.74 Å². The van der Waals surface area contributed by atoms with Gasteiger partial charge in [-0.05, 0) is 26.0 Å². The number of nitrogens with one attached hydrogen (secondary N) is 1. The quantitative estimate of drug-likeness (QED) is 0.870. The summed E-state index contributed by atoms with van der Waals surface area (Å²) in [6.07, 6.45) is 1.93. The lowest BCUT2D eigenvalue weighted by Crippen LogP contribution is -2.07. The molecule has 1 aromatic carbocycles. The Bertz CT molecular complexity index is 510. The van der Waals surface area contributed by atoms with Gasteiger partial charge in [0.1, 0.15) is 5.75 Å². The van der Waals surface area contributed by atoms with Gasteiger partial charge in [-0.25, -0.2) is 4.98 Å². The lowest BCUT2D eigenvalue weighted by Gasteiger charge is -2.14. The van der Waals surface area contributed by atoms with Gasteiger partial charge in [0.2, 0.25) is 0 Å². The second-order valence-corrected chi connectivity index (χ2v) is 5.24. The fraction of sp³-hybridized carbons (Fsp3) is 0.308. The summed E-state index contributed by atoms with van der Waals surface area (Å²) in [6.45, 7) is 4.53. The van der Waals surface area contributed by atoms with Gasteiger partial charge in [-0.3, -0.25) is 0 Å². The second kappa shape index (κ2) is 5.84. The van der Waals surface area contributed by atoms with E-state index in [9.17, 15) is 0 Å². The molecular weight excluding hydrogens is 246 g/mol. The zero-order chi connectivity index (χ0) is 13.0. The number of hydrogen-bond acceptors (Lipinski definition) is 5. The molecule has 0 spiro atoms. The molecule has 0 saturated carbocycles. The lowest BCUT2D eigenvalue weighted by molar-refractivity contribution is 0.244. The van der Waals surface area contributed by atoms with Gasteiger partial charge in [0.05, 0.1) is 11.8 Å². The molecule has 0 fully saturated rings. The predicted octanol–water partition coefficient (Wildman–Crippen LogP) is 3.13. The van der Waals surface area contributed by atoms with Crippen molar-refractivity contribution in [2.24, 2.45) is 5.73 Å². The highest BCUT2D eigenvalue weighted by Crippen LogP contribution is 2.29. The summed E-state index contributed by atoms with van der Waals surface area (Å²) in [5.41, 5.74) is 6.49. The molecular formula is C13H17N3OS. The van der Waals surface area contributed by atoms with Crippen molar-refractivity contribution >= 4 is 22.2 Å². The van der Waals surface area contributed by atoms with Gasteiger partial charge >= 0.3 is 0 Å². The van der Waals surface area contributed by atoms with Crippen LogP contribution in [0.25, 0.3) is 0 Å². The lowest BCUT2D eigenvalue weighted by atomic mass is 10.3. The smallest absolute Gasteiger partial charge is 0.187 e. The summed E-state index contributed by atoms with van der Waals surface area (Å²) >= 11 is 1.55. The maximum Gasteiger partial charge on any atom is 0.187 e. The van der Waals surface area contributed by atoms with Gasteiger partial charge in [0.25, 0.3) is 0 Å². The van der Waals surface area contributed by atoms with E-state index in [0.717, 1.165) is 21.4 Å². The number of ether oxygens (including phenoxy) is 1. The summed E-state index contributed by atoms with van der Waals surface area (Å²) in [4.78, 5) is 5.33. The van der Waals surface area contributed by atoms with E-state index in [0.29, 0.717) is 6.54 Å². The Balaban J connectivity index is 2.17. The number of benzene rings is 1. The molecule has 2 rings (SSSR count). The maximum atomic E-state index is 5.74. The molecule has 18 heavy (non-hydrogen) atoms. The van der Waals surface area contributed by atoms with Crippen molar-refractivity contribution in [3.8, 4) is 5.75 Å². The first-order valence-electron chi connectivity index (χ1n) is 5.86. The Hall–Kier alpha value is -1.59. The SMILES string of the molecule is CC(C)Oc1ccccc1Nc1ncc(CN)s1. The minimum atomic E-state index is 0.142. The molecule has 0 aliphatic carbocycles. The Labute approximate surface area is 111 Å². The van der Waals surface area contributed by atoms with E-state index in [1.165, 1.54) is 0 Å². The van der Waals surface area contributed by atoms with Gasteiger partial charge in [0, 0.05) is 17.6 Å². The fourth-order valence-corrected chi connectivity index (χ4v) is 2.20. The third-order valence-electron chi connectivity index (χ3n) is 2.25.